The van der Waals surface area contributed by atoms with Gasteiger partial charge in [-0.1, -0.05) is 18.2 Å². The summed E-state index contributed by atoms with van der Waals surface area (Å²) in [7, 11) is 0. The van der Waals surface area contributed by atoms with Crippen molar-refractivity contribution in [1.29, 1.82) is 0 Å². The quantitative estimate of drug-likeness (QED) is 0.532. The number of aromatic nitrogens is 3. The van der Waals surface area contributed by atoms with Gasteiger partial charge in [0.25, 0.3) is 5.91 Å². The molecule has 142 valence electrons. The number of nitrogens with one attached hydrogen (secondary N) is 1. The van der Waals surface area contributed by atoms with Crippen molar-refractivity contribution >= 4 is 28.3 Å². The highest BCUT2D eigenvalue weighted by atomic mass is 32.1. The summed E-state index contributed by atoms with van der Waals surface area (Å²) >= 11 is 1.54. The second-order valence-electron chi connectivity index (χ2n) is 6.79. The van der Waals surface area contributed by atoms with Crippen molar-refractivity contribution < 1.29 is 9.18 Å². The summed E-state index contributed by atoms with van der Waals surface area (Å²) in [4.78, 5) is 18.3. The molecule has 0 fully saturated rings. The largest absolute Gasteiger partial charge is 0.340 e. The number of rotatable bonds is 5. The molecule has 1 N–H and O–H groups in total. The zero-order chi connectivity index (χ0) is 19.7. The fourth-order valence-electron chi connectivity index (χ4n) is 3.09. The average molecular weight is 394 g/mol. The maximum atomic E-state index is 13.3. The van der Waals surface area contributed by atoms with Gasteiger partial charge in [-0.15, -0.1) is 11.3 Å². The van der Waals surface area contributed by atoms with Crippen molar-refractivity contribution in [2.45, 2.75) is 25.9 Å². The van der Waals surface area contributed by atoms with Crippen molar-refractivity contribution in [3.8, 4) is 0 Å². The number of hydrogen-bond acceptors (Lipinski definition) is 4. The normalized spacial score (nSPS) is 12.4. The van der Waals surface area contributed by atoms with E-state index in [0.717, 1.165) is 21.5 Å². The first kappa shape index (κ1) is 18.3. The van der Waals surface area contributed by atoms with Crippen LogP contribution in [0.4, 0.5) is 4.39 Å². The number of carbonyl (C=O) groups excluding carboxylic acids is 1. The molecule has 3 heterocycles. The Morgan fingerprint density at radius 2 is 1.96 bits per heavy atom. The van der Waals surface area contributed by atoms with E-state index < -0.39 is 0 Å². The van der Waals surface area contributed by atoms with Crippen LogP contribution < -0.4 is 5.32 Å². The molecule has 0 aliphatic rings. The third kappa shape index (κ3) is 3.53. The molecule has 28 heavy (non-hydrogen) atoms. The van der Waals surface area contributed by atoms with Gasteiger partial charge in [0.1, 0.15) is 5.82 Å². The number of halogens is 1. The Labute approximate surface area is 165 Å². The first-order valence-corrected chi connectivity index (χ1v) is 9.84. The molecule has 0 radical (unpaired) electrons. The molecule has 4 rings (SSSR count). The van der Waals surface area contributed by atoms with Crippen LogP contribution in [-0.4, -0.2) is 20.7 Å². The van der Waals surface area contributed by atoms with E-state index in [0.29, 0.717) is 5.56 Å². The Balaban J connectivity index is 1.64. The Bertz CT molecular complexity index is 1100. The van der Waals surface area contributed by atoms with Crippen LogP contribution in [0.3, 0.4) is 0 Å². The highest BCUT2D eigenvalue weighted by molar-refractivity contribution is 7.10. The van der Waals surface area contributed by atoms with E-state index in [-0.39, 0.29) is 23.8 Å². The van der Waals surface area contributed by atoms with Crippen LogP contribution in [0.2, 0.25) is 0 Å². The summed E-state index contributed by atoms with van der Waals surface area (Å²) in [6.45, 7) is 4.06. The standard InChI is InChI=1S/C21H19FN4OS/c1-13(2)26-20-15(12-24-26)10-16(11-23-20)21(27)25-19(18-4-3-9-28-18)14-5-7-17(22)8-6-14/h3-13,19H,1-2H3,(H,25,27). The first-order chi connectivity index (χ1) is 13.5. The van der Waals surface area contributed by atoms with Crippen LogP contribution in [0.1, 0.15) is 46.7 Å². The van der Waals surface area contributed by atoms with Crippen LogP contribution in [0, 0.1) is 5.82 Å². The maximum absolute atomic E-state index is 13.3. The molecule has 1 amide bonds. The van der Waals surface area contributed by atoms with Crippen LogP contribution in [0.5, 0.6) is 0 Å². The molecular formula is C21H19FN4OS. The van der Waals surface area contributed by atoms with Gasteiger partial charge < -0.3 is 5.32 Å². The summed E-state index contributed by atoms with van der Waals surface area (Å²) < 4.78 is 15.1. The lowest BCUT2D eigenvalue weighted by atomic mass is 10.0. The number of fused-ring (bicyclic) bond motifs is 1. The highest BCUT2D eigenvalue weighted by Crippen LogP contribution is 2.27. The van der Waals surface area contributed by atoms with E-state index >= 15 is 0 Å². The van der Waals surface area contributed by atoms with Gasteiger partial charge in [-0.25, -0.2) is 14.1 Å². The summed E-state index contributed by atoms with van der Waals surface area (Å²) in [6.07, 6.45) is 3.28. The Morgan fingerprint density at radius 3 is 2.64 bits per heavy atom. The van der Waals surface area contributed by atoms with E-state index in [4.69, 9.17) is 0 Å². The predicted molar refractivity (Wildman–Crippen MR) is 108 cm³/mol. The number of benzene rings is 1. The lowest BCUT2D eigenvalue weighted by Crippen LogP contribution is -2.29. The van der Waals surface area contributed by atoms with Gasteiger partial charge in [-0.05, 0) is 49.1 Å². The van der Waals surface area contributed by atoms with Gasteiger partial charge in [-0.3, -0.25) is 4.79 Å². The smallest absolute Gasteiger partial charge is 0.253 e. The molecule has 1 aromatic carbocycles. The SMILES string of the molecule is CC(C)n1ncc2cc(C(=O)NC(c3ccc(F)cc3)c3cccs3)cnc21. The Hall–Kier alpha value is -3.06. The molecular weight excluding hydrogens is 375 g/mol. The molecule has 0 bridgehead atoms. The van der Waals surface area contributed by atoms with Gasteiger partial charge in [0.15, 0.2) is 5.65 Å². The molecule has 1 unspecified atom stereocenters. The molecule has 0 aliphatic heterocycles. The average Bonchev–Trinajstić information content (AvgIpc) is 3.36. The van der Waals surface area contributed by atoms with Crippen molar-refractivity contribution in [3.05, 3.63) is 82.1 Å². The third-order valence-electron chi connectivity index (χ3n) is 4.49. The second kappa shape index (κ2) is 7.52. The molecule has 0 saturated heterocycles. The zero-order valence-electron chi connectivity index (χ0n) is 15.5. The van der Waals surface area contributed by atoms with E-state index in [9.17, 15) is 9.18 Å². The number of thiophene rings is 1. The minimum Gasteiger partial charge on any atom is -0.340 e. The minimum absolute atomic E-state index is 0.186. The third-order valence-corrected chi connectivity index (χ3v) is 5.43. The van der Waals surface area contributed by atoms with Crippen molar-refractivity contribution in [3.63, 3.8) is 0 Å². The van der Waals surface area contributed by atoms with Crippen molar-refractivity contribution in [2.24, 2.45) is 0 Å². The van der Waals surface area contributed by atoms with E-state index in [1.54, 1.807) is 30.6 Å². The molecule has 1 atom stereocenters. The number of pyridine rings is 1. The lowest BCUT2D eigenvalue weighted by Gasteiger charge is -2.18. The molecule has 0 aliphatic carbocycles. The summed E-state index contributed by atoms with van der Waals surface area (Å²) in [5.74, 6) is -0.550. The topological polar surface area (TPSA) is 59.8 Å². The number of amides is 1. The molecule has 3 aromatic heterocycles. The van der Waals surface area contributed by atoms with Crippen LogP contribution in [0.25, 0.3) is 11.0 Å². The monoisotopic (exact) mass is 394 g/mol. The summed E-state index contributed by atoms with van der Waals surface area (Å²) in [5.41, 5.74) is 2.03. The van der Waals surface area contributed by atoms with Crippen molar-refractivity contribution in [2.75, 3.05) is 0 Å². The summed E-state index contributed by atoms with van der Waals surface area (Å²) in [6, 6.07) is 11.7. The van der Waals surface area contributed by atoms with Crippen LogP contribution in [-0.2, 0) is 0 Å². The number of carbonyl (C=O) groups is 1. The van der Waals surface area contributed by atoms with Gasteiger partial charge in [0, 0.05) is 22.5 Å². The molecule has 4 aromatic rings. The molecule has 5 nitrogen and oxygen atoms in total. The van der Waals surface area contributed by atoms with Gasteiger partial charge in [0.2, 0.25) is 0 Å². The molecule has 0 spiro atoms. The lowest BCUT2D eigenvalue weighted by molar-refractivity contribution is 0.0943. The summed E-state index contributed by atoms with van der Waals surface area (Å²) in [5, 5.41) is 10.2. The zero-order valence-corrected chi connectivity index (χ0v) is 16.3. The van der Waals surface area contributed by atoms with Gasteiger partial charge >= 0.3 is 0 Å². The predicted octanol–water partition coefficient (Wildman–Crippen LogP) is 4.73. The molecule has 0 saturated carbocycles. The van der Waals surface area contributed by atoms with Crippen LogP contribution in [0.15, 0.2) is 60.2 Å². The van der Waals surface area contributed by atoms with Crippen molar-refractivity contribution in [1.82, 2.24) is 20.1 Å². The second-order valence-corrected chi connectivity index (χ2v) is 7.77. The number of hydrogen-bond donors (Lipinski definition) is 1. The molecule has 7 heteroatoms. The first-order valence-electron chi connectivity index (χ1n) is 8.96. The fraction of sp³-hybridized carbons (Fsp3) is 0.190. The Kier molecular flexibility index (Phi) is 4.92. The van der Waals surface area contributed by atoms with Gasteiger partial charge in [-0.2, -0.15) is 5.10 Å². The van der Waals surface area contributed by atoms with E-state index in [1.165, 1.54) is 23.5 Å². The van der Waals surface area contributed by atoms with Gasteiger partial charge in [0.05, 0.1) is 17.8 Å². The Morgan fingerprint density at radius 1 is 1.18 bits per heavy atom. The fourth-order valence-corrected chi connectivity index (χ4v) is 3.89. The highest BCUT2D eigenvalue weighted by Gasteiger charge is 2.20. The minimum atomic E-state index is -0.359. The van der Waals surface area contributed by atoms with E-state index in [1.807, 2.05) is 36.0 Å². The van der Waals surface area contributed by atoms with Crippen LogP contribution >= 0.6 is 11.3 Å². The maximum Gasteiger partial charge on any atom is 0.253 e. The van der Waals surface area contributed by atoms with E-state index in [2.05, 4.69) is 15.4 Å². The number of nitrogens with zero attached hydrogens (tertiary/aromatic N) is 3.